The van der Waals surface area contributed by atoms with Crippen LogP contribution >= 0.6 is 11.6 Å². The van der Waals surface area contributed by atoms with Gasteiger partial charge in [0.25, 0.3) is 0 Å². The summed E-state index contributed by atoms with van der Waals surface area (Å²) >= 11 is 5.64. The van der Waals surface area contributed by atoms with Crippen molar-refractivity contribution in [2.24, 2.45) is 0 Å². The summed E-state index contributed by atoms with van der Waals surface area (Å²) in [5.41, 5.74) is 0.514. The molecule has 2 rings (SSSR count). The van der Waals surface area contributed by atoms with Crippen LogP contribution in [-0.4, -0.2) is 10.1 Å². The summed E-state index contributed by atoms with van der Waals surface area (Å²) in [7, 11) is 0. The lowest BCUT2D eigenvalue weighted by Crippen LogP contribution is -2.00. The van der Waals surface area contributed by atoms with Gasteiger partial charge in [0, 0.05) is 17.7 Å². The van der Waals surface area contributed by atoms with Crippen LogP contribution in [0.15, 0.2) is 30.3 Å². The number of nitrogens with zero attached hydrogens (tertiary/aromatic N) is 2. The molecule has 1 N–H and O–H groups in total. The molecule has 0 fully saturated rings. The van der Waals surface area contributed by atoms with Crippen LogP contribution in [0.5, 0.6) is 11.6 Å². The van der Waals surface area contributed by atoms with Crippen LogP contribution in [0, 0.1) is 17.1 Å². The molecule has 0 aliphatic carbocycles. The maximum Gasteiger partial charge on any atom is 0.218 e. The first kappa shape index (κ1) is 13.1. The highest BCUT2D eigenvalue weighted by Gasteiger charge is 2.06. The van der Waals surface area contributed by atoms with Gasteiger partial charge in [0.2, 0.25) is 5.88 Å². The van der Waals surface area contributed by atoms with Crippen molar-refractivity contribution in [3.63, 3.8) is 0 Å². The number of hydrogen-bond donors (Lipinski definition) is 1. The van der Waals surface area contributed by atoms with Crippen molar-refractivity contribution in [2.45, 2.75) is 6.61 Å². The Kier molecular flexibility index (Phi) is 3.83. The Morgan fingerprint density at radius 1 is 1.37 bits per heavy atom. The molecule has 1 heterocycles. The van der Waals surface area contributed by atoms with Crippen LogP contribution in [0.25, 0.3) is 0 Å². The van der Waals surface area contributed by atoms with Gasteiger partial charge < -0.3 is 9.84 Å². The van der Waals surface area contributed by atoms with Crippen molar-refractivity contribution >= 4 is 11.6 Å². The molecule has 6 heteroatoms. The molecular weight excluding hydrogens is 271 g/mol. The lowest BCUT2D eigenvalue weighted by atomic mass is 10.1. The van der Waals surface area contributed by atoms with E-state index in [-0.39, 0.29) is 34.5 Å². The van der Waals surface area contributed by atoms with Gasteiger partial charge in [-0.05, 0) is 12.1 Å². The van der Waals surface area contributed by atoms with Gasteiger partial charge in [-0.1, -0.05) is 17.7 Å². The fraction of sp³-hybridized carbons (Fsp3) is 0.0769. The highest BCUT2D eigenvalue weighted by Crippen LogP contribution is 2.22. The average molecular weight is 279 g/mol. The molecule has 4 nitrogen and oxygen atoms in total. The Labute approximate surface area is 113 Å². The number of benzene rings is 1. The zero-order chi connectivity index (χ0) is 13.8. The van der Waals surface area contributed by atoms with E-state index in [9.17, 15) is 9.50 Å². The molecule has 0 radical (unpaired) electrons. The normalized spacial score (nSPS) is 9.95. The number of halogens is 2. The van der Waals surface area contributed by atoms with Crippen LogP contribution in [-0.2, 0) is 6.61 Å². The van der Waals surface area contributed by atoms with E-state index in [1.165, 1.54) is 24.3 Å². The number of pyridine rings is 1. The number of ether oxygens (including phenoxy) is 1. The zero-order valence-electron chi connectivity index (χ0n) is 9.60. The molecule has 0 aliphatic heterocycles. The molecule has 1 aromatic carbocycles. The van der Waals surface area contributed by atoms with Gasteiger partial charge in [-0.2, -0.15) is 5.26 Å². The summed E-state index contributed by atoms with van der Waals surface area (Å²) in [6.07, 6.45) is 0. The molecule has 0 spiro atoms. The second kappa shape index (κ2) is 5.55. The van der Waals surface area contributed by atoms with Gasteiger partial charge in [0.15, 0.2) is 0 Å². The van der Waals surface area contributed by atoms with Gasteiger partial charge >= 0.3 is 0 Å². The topological polar surface area (TPSA) is 66.1 Å². The van der Waals surface area contributed by atoms with Gasteiger partial charge in [0.05, 0.1) is 11.6 Å². The second-order valence-electron chi connectivity index (χ2n) is 3.69. The number of rotatable bonds is 3. The largest absolute Gasteiger partial charge is 0.508 e. The summed E-state index contributed by atoms with van der Waals surface area (Å²) in [6.45, 7) is -0.0790. The summed E-state index contributed by atoms with van der Waals surface area (Å²) in [6, 6.07) is 8.45. The van der Waals surface area contributed by atoms with E-state index in [4.69, 9.17) is 21.6 Å². The van der Waals surface area contributed by atoms with E-state index in [1.54, 1.807) is 0 Å². The standard InChI is InChI=1S/C13H8ClFN2O2/c14-12-4-10(18)5-13(17-12)19-7-9-2-1-8(6-16)3-11(9)15/h1-5H,7H2,(H,17,18). The first-order chi connectivity index (χ1) is 9.08. The van der Waals surface area contributed by atoms with Gasteiger partial charge in [0.1, 0.15) is 23.3 Å². The number of aromatic nitrogens is 1. The maximum atomic E-state index is 13.6. The van der Waals surface area contributed by atoms with Gasteiger partial charge in [-0.25, -0.2) is 9.37 Å². The SMILES string of the molecule is N#Cc1ccc(COc2cc(O)cc(Cl)n2)c(F)c1. The fourth-order valence-corrected chi connectivity index (χ4v) is 1.61. The molecule has 96 valence electrons. The van der Waals surface area contributed by atoms with Crippen molar-refractivity contribution in [2.75, 3.05) is 0 Å². The maximum absolute atomic E-state index is 13.6. The van der Waals surface area contributed by atoms with E-state index in [0.717, 1.165) is 6.07 Å². The molecule has 0 saturated carbocycles. The zero-order valence-corrected chi connectivity index (χ0v) is 10.4. The monoisotopic (exact) mass is 278 g/mol. The van der Waals surface area contributed by atoms with Crippen LogP contribution in [0.3, 0.4) is 0 Å². The molecule has 2 aromatic rings. The summed E-state index contributed by atoms with van der Waals surface area (Å²) in [5, 5.41) is 18.0. The quantitative estimate of drug-likeness (QED) is 0.877. The third kappa shape index (κ3) is 3.33. The molecular formula is C13H8ClFN2O2. The second-order valence-corrected chi connectivity index (χ2v) is 4.08. The predicted molar refractivity (Wildman–Crippen MR) is 66.4 cm³/mol. The molecule has 0 saturated heterocycles. The highest BCUT2D eigenvalue weighted by molar-refractivity contribution is 6.29. The molecule has 1 aromatic heterocycles. The van der Waals surface area contributed by atoms with E-state index in [1.807, 2.05) is 6.07 Å². The summed E-state index contributed by atoms with van der Waals surface area (Å²) in [4.78, 5) is 3.82. The van der Waals surface area contributed by atoms with Crippen LogP contribution in [0.1, 0.15) is 11.1 Å². The smallest absolute Gasteiger partial charge is 0.218 e. The molecule has 0 atom stereocenters. The molecule has 19 heavy (non-hydrogen) atoms. The van der Waals surface area contributed by atoms with Gasteiger partial charge in [-0.3, -0.25) is 0 Å². The minimum Gasteiger partial charge on any atom is -0.508 e. The lowest BCUT2D eigenvalue weighted by molar-refractivity contribution is 0.286. The fourth-order valence-electron chi connectivity index (χ4n) is 1.42. The van der Waals surface area contributed by atoms with Crippen molar-refractivity contribution < 1.29 is 14.2 Å². The molecule has 0 unspecified atom stereocenters. The van der Waals surface area contributed by atoms with Crippen molar-refractivity contribution in [1.29, 1.82) is 5.26 Å². The Morgan fingerprint density at radius 2 is 2.16 bits per heavy atom. The van der Waals surface area contributed by atoms with Crippen molar-refractivity contribution in [1.82, 2.24) is 4.98 Å². The molecule has 0 bridgehead atoms. The van der Waals surface area contributed by atoms with E-state index in [2.05, 4.69) is 4.98 Å². The number of aromatic hydroxyl groups is 1. The molecule has 0 aliphatic rings. The van der Waals surface area contributed by atoms with Crippen molar-refractivity contribution in [3.05, 3.63) is 52.4 Å². The van der Waals surface area contributed by atoms with Crippen LogP contribution in [0.2, 0.25) is 5.15 Å². The summed E-state index contributed by atoms with van der Waals surface area (Å²) < 4.78 is 18.8. The first-order valence-corrected chi connectivity index (χ1v) is 5.64. The van der Waals surface area contributed by atoms with E-state index < -0.39 is 5.82 Å². The minimum atomic E-state index is -0.537. The third-order valence-corrected chi connectivity index (χ3v) is 2.51. The number of nitriles is 1. The Hall–Kier alpha value is -2.32. The Bertz CT molecular complexity index is 635. The van der Waals surface area contributed by atoms with E-state index >= 15 is 0 Å². The third-order valence-electron chi connectivity index (χ3n) is 2.31. The van der Waals surface area contributed by atoms with Crippen molar-refractivity contribution in [3.8, 4) is 17.7 Å². The number of hydrogen-bond acceptors (Lipinski definition) is 4. The average Bonchev–Trinajstić information content (AvgIpc) is 2.36. The van der Waals surface area contributed by atoms with E-state index in [0.29, 0.717) is 0 Å². The predicted octanol–water partition coefficient (Wildman–Crippen LogP) is 3.03. The van der Waals surface area contributed by atoms with Crippen LogP contribution in [0.4, 0.5) is 4.39 Å². The lowest BCUT2D eigenvalue weighted by Gasteiger charge is -2.07. The molecule has 0 amide bonds. The highest BCUT2D eigenvalue weighted by atomic mass is 35.5. The first-order valence-electron chi connectivity index (χ1n) is 5.26. The Morgan fingerprint density at radius 3 is 2.79 bits per heavy atom. The van der Waals surface area contributed by atoms with Gasteiger partial charge in [-0.15, -0.1) is 0 Å². The summed E-state index contributed by atoms with van der Waals surface area (Å²) in [5.74, 6) is -0.533. The minimum absolute atomic E-state index is 0.0790. The Balaban J connectivity index is 2.12. The van der Waals surface area contributed by atoms with Crippen LogP contribution < -0.4 is 4.74 Å².